The molecule has 0 saturated carbocycles. The molecule has 2 fully saturated rings. The van der Waals surface area contributed by atoms with Gasteiger partial charge in [-0.3, -0.25) is 4.79 Å². The SMILES string of the molecule is CCN1CCN(CC(C)CNC(=O)CC2CCCN2)CC1. The highest BCUT2D eigenvalue weighted by atomic mass is 16.1. The maximum atomic E-state index is 11.9. The first kappa shape index (κ1) is 16.7. The third-order valence-corrected chi connectivity index (χ3v) is 4.72. The number of nitrogens with zero attached hydrogens (tertiary/aromatic N) is 2. The third kappa shape index (κ3) is 5.93. The fourth-order valence-electron chi connectivity index (χ4n) is 3.31. The zero-order valence-corrected chi connectivity index (χ0v) is 13.7. The van der Waals surface area contributed by atoms with Gasteiger partial charge in [0, 0.05) is 51.7 Å². The molecule has 2 saturated heterocycles. The Morgan fingerprint density at radius 1 is 1.29 bits per heavy atom. The fraction of sp³-hybridized carbons (Fsp3) is 0.938. The minimum atomic E-state index is 0.206. The summed E-state index contributed by atoms with van der Waals surface area (Å²) in [4.78, 5) is 16.9. The molecular formula is C16H32N4O. The Kier molecular flexibility index (Phi) is 6.93. The summed E-state index contributed by atoms with van der Waals surface area (Å²) in [7, 11) is 0. The molecule has 0 aromatic heterocycles. The van der Waals surface area contributed by atoms with Crippen LogP contribution in [0.4, 0.5) is 0 Å². The summed E-state index contributed by atoms with van der Waals surface area (Å²) in [6, 6.07) is 0.405. The van der Waals surface area contributed by atoms with Gasteiger partial charge < -0.3 is 20.4 Å². The van der Waals surface area contributed by atoms with Crippen molar-refractivity contribution < 1.29 is 4.79 Å². The standard InChI is InChI=1S/C16H32N4O/c1-3-19-7-9-20(10-8-19)13-14(2)12-18-16(21)11-15-5-4-6-17-15/h14-15,17H,3-13H2,1-2H3,(H,18,21). The van der Waals surface area contributed by atoms with Gasteiger partial charge in [-0.25, -0.2) is 0 Å². The van der Waals surface area contributed by atoms with Gasteiger partial charge in [0.05, 0.1) is 0 Å². The zero-order valence-electron chi connectivity index (χ0n) is 13.7. The molecule has 2 N–H and O–H groups in total. The number of likely N-dealkylation sites (N-methyl/N-ethyl adjacent to an activating group) is 1. The molecule has 0 aliphatic carbocycles. The largest absolute Gasteiger partial charge is 0.356 e. The van der Waals surface area contributed by atoms with E-state index >= 15 is 0 Å². The van der Waals surface area contributed by atoms with Crippen LogP contribution in [-0.2, 0) is 4.79 Å². The number of amides is 1. The molecule has 1 amide bonds. The van der Waals surface area contributed by atoms with Gasteiger partial charge in [-0.2, -0.15) is 0 Å². The summed E-state index contributed by atoms with van der Waals surface area (Å²) in [5.41, 5.74) is 0. The molecule has 0 aromatic rings. The van der Waals surface area contributed by atoms with Gasteiger partial charge in [-0.05, 0) is 31.8 Å². The van der Waals surface area contributed by atoms with Crippen LogP contribution >= 0.6 is 0 Å². The van der Waals surface area contributed by atoms with Crippen molar-refractivity contribution in [2.75, 3.05) is 52.4 Å². The average molecular weight is 296 g/mol. The van der Waals surface area contributed by atoms with E-state index in [1.807, 2.05) is 0 Å². The van der Waals surface area contributed by atoms with Crippen LogP contribution in [0.1, 0.15) is 33.1 Å². The second-order valence-electron chi connectivity index (χ2n) is 6.64. The van der Waals surface area contributed by atoms with Crippen LogP contribution in [0.5, 0.6) is 0 Å². The Morgan fingerprint density at radius 3 is 2.62 bits per heavy atom. The number of nitrogens with one attached hydrogen (secondary N) is 2. The quantitative estimate of drug-likeness (QED) is 0.719. The molecule has 2 aliphatic heterocycles. The van der Waals surface area contributed by atoms with E-state index in [0.29, 0.717) is 18.4 Å². The van der Waals surface area contributed by atoms with Crippen molar-refractivity contribution in [3.63, 3.8) is 0 Å². The van der Waals surface area contributed by atoms with Crippen LogP contribution in [0.15, 0.2) is 0 Å². The molecule has 2 aliphatic rings. The average Bonchev–Trinajstić information content (AvgIpc) is 2.99. The summed E-state index contributed by atoms with van der Waals surface area (Å²) < 4.78 is 0. The first-order valence-corrected chi connectivity index (χ1v) is 8.62. The molecular weight excluding hydrogens is 264 g/mol. The third-order valence-electron chi connectivity index (χ3n) is 4.72. The van der Waals surface area contributed by atoms with Crippen LogP contribution in [-0.4, -0.2) is 74.1 Å². The first-order valence-electron chi connectivity index (χ1n) is 8.62. The van der Waals surface area contributed by atoms with Gasteiger partial charge in [-0.1, -0.05) is 13.8 Å². The van der Waals surface area contributed by atoms with Crippen molar-refractivity contribution in [3.05, 3.63) is 0 Å². The van der Waals surface area contributed by atoms with Crippen molar-refractivity contribution in [3.8, 4) is 0 Å². The Bertz CT molecular complexity index is 309. The maximum Gasteiger partial charge on any atom is 0.221 e. The van der Waals surface area contributed by atoms with Crippen molar-refractivity contribution in [2.45, 2.75) is 39.2 Å². The molecule has 5 heteroatoms. The monoisotopic (exact) mass is 296 g/mol. The lowest BCUT2D eigenvalue weighted by Gasteiger charge is -2.35. The minimum absolute atomic E-state index is 0.206. The second-order valence-corrected chi connectivity index (χ2v) is 6.64. The smallest absolute Gasteiger partial charge is 0.221 e. The predicted octanol–water partition coefficient (Wildman–Crippen LogP) is 0.518. The predicted molar refractivity (Wildman–Crippen MR) is 86.4 cm³/mol. The number of hydrogen-bond acceptors (Lipinski definition) is 4. The van der Waals surface area contributed by atoms with Crippen LogP contribution in [0.2, 0.25) is 0 Å². The molecule has 21 heavy (non-hydrogen) atoms. The molecule has 0 bridgehead atoms. The maximum absolute atomic E-state index is 11.9. The summed E-state index contributed by atoms with van der Waals surface area (Å²) in [5.74, 6) is 0.732. The Labute approximate surface area is 129 Å². The Hall–Kier alpha value is -0.650. The summed E-state index contributed by atoms with van der Waals surface area (Å²) in [6.07, 6.45) is 2.99. The molecule has 2 atom stereocenters. The molecule has 5 nitrogen and oxygen atoms in total. The minimum Gasteiger partial charge on any atom is -0.356 e. The van der Waals surface area contributed by atoms with E-state index in [4.69, 9.17) is 0 Å². The topological polar surface area (TPSA) is 47.6 Å². The Balaban J connectivity index is 1.56. The Morgan fingerprint density at radius 2 is 2.00 bits per heavy atom. The molecule has 0 spiro atoms. The molecule has 0 radical (unpaired) electrons. The fourth-order valence-corrected chi connectivity index (χ4v) is 3.31. The lowest BCUT2D eigenvalue weighted by molar-refractivity contribution is -0.121. The molecule has 0 aromatic carbocycles. The van der Waals surface area contributed by atoms with Crippen molar-refractivity contribution in [2.24, 2.45) is 5.92 Å². The van der Waals surface area contributed by atoms with E-state index in [2.05, 4.69) is 34.3 Å². The van der Waals surface area contributed by atoms with Gasteiger partial charge in [0.15, 0.2) is 0 Å². The summed E-state index contributed by atoms with van der Waals surface area (Å²) in [6.45, 7) is 13.3. The highest BCUT2D eigenvalue weighted by Gasteiger charge is 2.19. The number of piperazine rings is 1. The number of carbonyl (C=O) groups excluding carboxylic acids is 1. The number of hydrogen-bond donors (Lipinski definition) is 2. The van der Waals surface area contributed by atoms with Crippen molar-refractivity contribution >= 4 is 5.91 Å². The van der Waals surface area contributed by atoms with Gasteiger partial charge in [0.1, 0.15) is 0 Å². The van der Waals surface area contributed by atoms with E-state index in [1.54, 1.807) is 0 Å². The molecule has 2 rings (SSSR count). The molecule has 2 unspecified atom stereocenters. The van der Waals surface area contributed by atoms with E-state index in [-0.39, 0.29) is 5.91 Å². The molecule has 2 heterocycles. The first-order chi connectivity index (χ1) is 10.2. The van der Waals surface area contributed by atoms with Gasteiger partial charge >= 0.3 is 0 Å². The van der Waals surface area contributed by atoms with Crippen molar-refractivity contribution in [1.82, 2.24) is 20.4 Å². The summed E-state index contributed by atoms with van der Waals surface area (Å²) in [5, 5.41) is 6.48. The van der Waals surface area contributed by atoms with Crippen LogP contribution in [0, 0.1) is 5.92 Å². The van der Waals surface area contributed by atoms with Crippen molar-refractivity contribution in [1.29, 1.82) is 0 Å². The van der Waals surface area contributed by atoms with Gasteiger partial charge in [-0.15, -0.1) is 0 Å². The van der Waals surface area contributed by atoms with Crippen LogP contribution < -0.4 is 10.6 Å². The highest BCUT2D eigenvalue weighted by Crippen LogP contribution is 2.09. The second kappa shape index (κ2) is 8.71. The molecule has 122 valence electrons. The van der Waals surface area contributed by atoms with Gasteiger partial charge in [0.25, 0.3) is 0 Å². The van der Waals surface area contributed by atoms with E-state index in [9.17, 15) is 4.79 Å². The lowest BCUT2D eigenvalue weighted by atomic mass is 10.1. The lowest BCUT2D eigenvalue weighted by Crippen LogP contribution is -2.48. The van der Waals surface area contributed by atoms with Crippen LogP contribution in [0.3, 0.4) is 0 Å². The van der Waals surface area contributed by atoms with E-state index in [0.717, 1.165) is 45.7 Å². The van der Waals surface area contributed by atoms with Gasteiger partial charge in [0.2, 0.25) is 5.91 Å². The zero-order chi connectivity index (χ0) is 15.1. The van der Waals surface area contributed by atoms with E-state index < -0.39 is 0 Å². The normalized spacial score (nSPS) is 25.9. The number of rotatable bonds is 7. The van der Waals surface area contributed by atoms with E-state index in [1.165, 1.54) is 19.5 Å². The number of carbonyl (C=O) groups is 1. The highest BCUT2D eigenvalue weighted by molar-refractivity contribution is 5.76. The summed E-state index contributed by atoms with van der Waals surface area (Å²) >= 11 is 0. The van der Waals surface area contributed by atoms with Crippen LogP contribution in [0.25, 0.3) is 0 Å².